The summed E-state index contributed by atoms with van der Waals surface area (Å²) in [5.74, 6) is 0.166. The van der Waals surface area contributed by atoms with E-state index in [1.807, 2.05) is 43.0 Å². The molecule has 1 aliphatic rings. The van der Waals surface area contributed by atoms with Gasteiger partial charge in [-0.3, -0.25) is 14.7 Å². The summed E-state index contributed by atoms with van der Waals surface area (Å²) in [5.41, 5.74) is 3.24. The Hall–Kier alpha value is -2.15. The number of benzene rings is 1. The Morgan fingerprint density at radius 2 is 1.63 bits per heavy atom. The lowest BCUT2D eigenvalue weighted by atomic mass is 10.1. The summed E-state index contributed by atoms with van der Waals surface area (Å²) in [7, 11) is 0. The van der Waals surface area contributed by atoms with E-state index < -0.39 is 0 Å². The average Bonchev–Trinajstić information content (AvgIpc) is 3.08. The van der Waals surface area contributed by atoms with E-state index in [0.717, 1.165) is 16.6 Å². The standard InChI is InChI=1S/C20H25BrN4O2/c1-4-14-5-7-15(8-6-14)19(26)24-9-11-25(12-10-24)20(27)18-16(21)17(13(2)3)22-23-18/h5-8,13H,4,9-12H2,1-3H3,(H,22,23). The van der Waals surface area contributed by atoms with Gasteiger partial charge < -0.3 is 9.80 Å². The Bertz CT molecular complexity index is 821. The van der Waals surface area contributed by atoms with E-state index in [9.17, 15) is 9.59 Å². The van der Waals surface area contributed by atoms with Crippen LogP contribution in [0.25, 0.3) is 0 Å². The van der Waals surface area contributed by atoms with Gasteiger partial charge in [0.25, 0.3) is 11.8 Å². The Balaban J connectivity index is 1.62. The lowest BCUT2D eigenvalue weighted by Gasteiger charge is -2.34. The molecule has 144 valence electrons. The summed E-state index contributed by atoms with van der Waals surface area (Å²) in [6.45, 7) is 8.25. The predicted molar refractivity (Wildman–Crippen MR) is 108 cm³/mol. The van der Waals surface area contributed by atoms with Crippen molar-refractivity contribution in [1.29, 1.82) is 0 Å². The molecule has 0 bridgehead atoms. The second-order valence-electron chi connectivity index (χ2n) is 7.09. The van der Waals surface area contributed by atoms with Gasteiger partial charge in [-0.25, -0.2) is 0 Å². The molecule has 3 rings (SSSR count). The van der Waals surface area contributed by atoms with Crippen molar-refractivity contribution in [3.05, 3.63) is 51.3 Å². The van der Waals surface area contributed by atoms with Gasteiger partial charge in [-0.05, 0) is 46.0 Å². The Kier molecular flexibility index (Phi) is 5.99. The highest BCUT2D eigenvalue weighted by Crippen LogP contribution is 2.26. The average molecular weight is 433 g/mol. The molecule has 7 heteroatoms. The summed E-state index contributed by atoms with van der Waals surface area (Å²) in [6, 6.07) is 7.75. The van der Waals surface area contributed by atoms with E-state index in [0.29, 0.717) is 37.4 Å². The van der Waals surface area contributed by atoms with E-state index in [1.165, 1.54) is 5.56 Å². The van der Waals surface area contributed by atoms with Crippen molar-refractivity contribution < 1.29 is 9.59 Å². The maximum absolute atomic E-state index is 12.8. The SMILES string of the molecule is CCc1ccc(C(=O)N2CCN(C(=O)c3n[nH]c(C(C)C)c3Br)CC2)cc1. The predicted octanol–water partition coefficient (Wildman–Crippen LogP) is 3.46. The molecule has 1 saturated heterocycles. The molecule has 0 unspecified atom stereocenters. The minimum atomic E-state index is -0.107. The zero-order chi connectivity index (χ0) is 19.6. The minimum Gasteiger partial charge on any atom is -0.335 e. The molecular weight excluding hydrogens is 408 g/mol. The van der Waals surface area contributed by atoms with Gasteiger partial charge >= 0.3 is 0 Å². The number of hydrogen-bond acceptors (Lipinski definition) is 3. The quantitative estimate of drug-likeness (QED) is 0.803. The molecule has 0 spiro atoms. The number of H-pyrrole nitrogens is 1. The van der Waals surface area contributed by atoms with Crippen LogP contribution in [0.15, 0.2) is 28.7 Å². The molecule has 1 aliphatic heterocycles. The van der Waals surface area contributed by atoms with Crippen LogP contribution in [0.4, 0.5) is 0 Å². The molecule has 27 heavy (non-hydrogen) atoms. The molecule has 1 fully saturated rings. The van der Waals surface area contributed by atoms with Gasteiger partial charge in [0.05, 0.1) is 10.2 Å². The van der Waals surface area contributed by atoms with Crippen molar-refractivity contribution in [2.24, 2.45) is 0 Å². The number of aromatic amines is 1. The topological polar surface area (TPSA) is 69.3 Å². The molecular formula is C20H25BrN4O2. The number of carbonyl (C=O) groups is 2. The zero-order valence-electron chi connectivity index (χ0n) is 16.0. The van der Waals surface area contributed by atoms with Crippen LogP contribution in [-0.2, 0) is 6.42 Å². The fourth-order valence-electron chi connectivity index (χ4n) is 3.19. The van der Waals surface area contributed by atoms with E-state index in [4.69, 9.17) is 0 Å². The van der Waals surface area contributed by atoms with Crippen LogP contribution in [0.1, 0.15) is 58.8 Å². The molecule has 0 saturated carbocycles. The lowest BCUT2D eigenvalue weighted by molar-refractivity contribution is 0.0531. The number of hydrogen-bond donors (Lipinski definition) is 1. The molecule has 2 amide bonds. The van der Waals surface area contributed by atoms with Crippen molar-refractivity contribution in [2.75, 3.05) is 26.2 Å². The highest BCUT2D eigenvalue weighted by molar-refractivity contribution is 9.10. The van der Waals surface area contributed by atoms with Gasteiger partial charge in [0.1, 0.15) is 0 Å². The number of halogens is 1. The van der Waals surface area contributed by atoms with Crippen molar-refractivity contribution in [3.8, 4) is 0 Å². The number of nitrogens with one attached hydrogen (secondary N) is 1. The maximum atomic E-state index is 12.8. The number of amides is 2. The number of aromatic nitrogens is 2. The Morgan fingerprint density at radius 1 is 1.07 bits per heavy atom. The molecule has 1 aromatic heterocycles. The summed E-state index contributed by atoms with van der Waals surface area (Å²) in [4.78, 5) is 29.0. The number of piperazine rings is 1. The van der Waals surface area contributed by atoms with Gasteiger partial charge in [0.15, 0.2) is 5.69 Å². The van der Waals surface area contributed by atoms with Crippen LogP contribution in [0.2, 0.25) is 0 Å². The third kappa shape index (κ3) is 4.08. The van der Waals surface area contributed by atoms with Crippen molar-refractivity contribution in [1.82, 2.24) is 20.0 Å². The van der Waals surface area contributed by atoms with Gasteiger partial charge in [-0.1, -0.05) is 32.9 Å². The first-order valence-corrected chi connectivity index (χ1v) is 10.1. The smallest absolute Gasteiger partial charge is 0.275 e. The second-order valence-corrected chi connectivity index (χ2v) is 7.88. The van der Waals surface area contributed by atoms with Crippen LogP contribution >= 0.6 is 15.9 Å². The Labute approximate surface area is 168 Å². The van der Waals surface area contributed by atoms with Gasteiger partial charge in [0, 0.05) is 31.7 Å². The van der Waals surface area contributed by atoms with Crippen LogP contribution in [-0.4, -0.2) is 58.0 Å². The van der Waals surface area contributed by atoms with E-state index in [1.54, 1.807) is 4.90 Å². The summed E-state index contributed by atoms with van der Waals surface area (Å²) in [5, 5.41) is 7.13. The largest absolute Gasteiger partial charge is 0.335 e. The fraction of sp³-hybridized carbons (Fsp3) is 0.450. The molecule has 0 atom stereocenters. The van der Waals surface area contributed by atoms with E-state index >= 15 is 0 Å². The summed E-state index contributed by atoms with van der Waals surface area (Å²) in [6.07, 6.45) is 0.955. The summed E-state index contributed by atoms with van der Waals surface area (Å²) < 4.78 is 0.733. The first kappa shape index (κ1) is 19.6. The maximum Gasteiger partial charge on any atom is 0.275 e. The number of carbonyl (C=O) groups excluding carboxylic acids is 2. The third-order valence-electron chi connectivity index (χ3n) is 4.98. The number of rotatable bonds is 4. The zero-order valence-corrected chi connectivity index (χ0v) is 17.5. The van der Waals surface area contributed by atoms with Crippen molar-refractivity contribution >= 4 is 27.7 Å². The van der Waals surface area contributed by atoms with Crippen LogP contribution in [0.5, 0.6) is 0 Å². The number of nitrogens with zero attached hydrogens (tertiary/aromatic N) is 3. The molecule has 0 radical (unpaired) electrons. The normalized spacial score (nSPS) is 14.7. The van der Waals surface area contributed by atoms with Crippen LogP contribution < -0.4 is 0 Å². The van der Waals surface area contributed by atoms with Gasteiger partial charge in [0.2, 0.25) is 0 Å². The van der Waals surface area contributed by atoms with Crippen molar-refractivity contribution in [3.63, 3.8) is 0 Å². The first-order chi connectivity index (χ1) is 12.9. The van der Waals surface area contributed by atoms with E-state index in [-0.39, 0.29) is 17.7 Å². The third-order valence-corrected chi connectivity index (χ3v) is 5.78. The van der Waals surface area contributed by atoms with Crippen LogP contribution in [0.3, 0.4) is 0 Å². The van der Waals surface area contributed by atoms with Gasteiger partial charge in [-0.2, -0.15) is 5.10 Å². The Morgan fingerprint density at radius 3 is 2.11 bits per heavy atom. The first-order valence-electron chi connectivity index (χ1n) is 9.33. The molecule has 1 aromatic carbocycles. The summed E-state index contributed by atoms with van der Waals surface area (Å²) >= 11 is 3.49. The number of aryl methyl sites for hydroxylation is 1. The minimum absolute atomic E-state index is 0.0211. The highest BCUT2D eigenvalue weighted by atomic mass is 79.9. The lowest BCUT2D eigenvalue weighted by Crippen LogP contribution is -2.50. The van der Waals surface area contributed by atoms with Gasteiger partial charge in [-0.15, -0.1) is 0 Å². The molecule has 1 N–H and O–H groups in total. The molecule has 0 aliphatic carbocycles. The van der Waals surface area contributed by atoms with Crippen LogP contribution in [0, 0.1) is 0 Å². The molecule has 2 heterocycles. The highest BCUT2D eigenvalue weighted by Gasteiger charge is 2.28. The monoisotopic (exact) mass is 432 g/mol. The second kappa shape index (κ2) is 8.25. The van der Waals surface area contributed by atoms with Crippen molar-refractivity contribution in [2.45, 2.75) is 33.1 Å². The molecule has 6 nitrogen and oxygen atoms in total. The van der Waals surface area contributed by atoms with E-state index in [2.05, 4.69) is 33.1 Å². The molecule has 2 aromatic rings. The fourth-order valence-corrected chi connectivity index (χ4v) is 4.00.